The molecule has 3 rings (SSSR count). The van der Waals surface area contributed by atoms with Crippen molar-refractivity contribution in [2.75, 3.05) is 13.9 Å². The maximum Gasteiger partial charge on any atom is 0.231 e. The van der Waals surface area contributed by atoms with Crippen LogP contribution in [0.15, 0.2) is 36.4 Å². The van der Waals surface area contributed by atoms with E-state index in [1.54, 1.807) is 25.3 Å². The number of phenolic OH excluding ortho intramolecular Hbond substituents is 1. The van der Waals surface area contributed by atoms with Gasteiger partial charge >= 0.3 is 0 Å². The van der Waals surface area contributed by atoms with Gasteiger partial charge in [-0.2, -0.15) is 0 Å². The summed E-state index contributed by atoms with van der Waals surface area (Å²) < 4.78 is 16.0. The second kappa shape index (κ2) is 4.14. The number of aromatic hydroxyl groups is 1. The fourth-order valence-corrected chi connectivity index (χ4v) is 1.98. The van der Waals surface area contributed by atoms with Crippen molar-refractivity contribution in [1.29, 1.82) is 0 Å². The molecule has 2 aromatic carbocycles. The van der Waals surface area contributed by atoms with Crippen LogP contribution in [0.25, 0.3) is 11.1 Å². The molecule has 1 aliphatic heterocycles. The van der Waals surface area contributed by atoms with Gasteiger partial charge in [-0.25, -0.2) is 0 Å². The Balaban J connectivity index is 2.13. The van der Waals surface area contributed by atoms with Crippen molar-refractivity contribution in [3.8, 4) is 34.1 Å². The highest BCUT2D eigenvalue weighted by molar-refractivity contribution is 5.72. The lowest BCUT2D eigenvalue weighted by atomic mass is 10.0. The van der Waals surface area contributed by atoms with Gasteiger partial charge in [0.25, 0.3) is 0 Å². The highest BCUT2D eigenvalue weighted by Gasteiger charge is 2.20. The van der Waals surface area contributed by atoms with E-state index in [-0.39, 0.29) is 12.5 Å². The topological polar surface area (TPSA) is 47.9 Å². The number of hydrogen-bond acceptors (Lipinski definition) is 4. The van der Waals surface area contributed by atoms with Crippen LogP contribution in [0.4, 0.5) is 0 Å². The minimum Gasteiger partial charge on any atom is -0.508 e. The summed E-state index contributed by atoms with van der Waals surface area (Å²) in [5, 5.41) is 9.51. The van der Waals surface area contributed by atoms with Gasteiger partial charge < -0.3 is 19.3 Å². The standard InChI is InChI=1S/C14H12O4/c1-16-12-6-10(7-13-14(12)18-8-17-13)9-3-2-4-11(15)5-9/h2-7,15H,8H2,1H3. The Kier molecular flexibility index (Phi) is 2.48. The zero-order chi connectivity index (χ0) is 12.5. The van der Waals surface area contributed by atoms with Crippen molar-refractivity contribution in [3.05, 3.63) is 36.4 Å². The van der Waals surface area contributed by atoms with E-state index >= 15 is 0 Å². The minimum atomic E-state index is 0.204. The zero-order valence-electron chi connectivity index (χ0n) is 9.84. The first-order valence-corrected chi connectivity index (χ1v) is 5.55. The lowest BCUT2D eigenvalue weighted by molar-refractivity contribution is 0.171. The van der Waals surface area contributed by atoms with Gasteiger partial charge in [-0.3, -0.25) is 0 Å². The fourth-order valence-electron chi connectivity index (χ4n) is 1.98. The number of rotatable bonds is 2. The summed E-state index contributed by atoms with van der Waals surface area (Å²) in [6, 6.07) is 10.8. The largest absolute Gasteiger partial charge is 0.508 e. The molecule has 0 saturated heterocycles. The Bertz CT molecular complexity index is 592. The van der Waals surface area contributed by atoms with Gasteiger partial charge in [0.2, 0.25) is 12.5 Å². The number of methoxy groups -OCH3 is 1. The molecule has 0 aliphatic carbocycles. The number of benzene rings is 2. The Labute approximate surface area is 104 Å². The Morgan fingerprint density at radius 3 is 2.78 bits per heavy atom. The van der Waals surface area contributed by atoms with Crippen LogP contribution in [0.2, 0.25) is 0 Å². The van der Waals surface area contributed by atoms with Crippen molar-refractivity contribution in [2.45, 2.75) is 0 Å². The average Bonchev–Trinajstić information content (AvgIpc) is 2.85. The molecule has 0 bridgehead atoms. The van der Waals surface area contributed by atoms with Crippen LogP contribution in [-0.4, -0.2) is 19.0 Å². The number of phenols is 1. The van der Waals surface area contributed by atoms with Crippen molar-refractivity contribution in [1.82, 2.24) is 0 Å². The molecular weight excluding hydrogens is 232 g/mol. The van der Waals surface area contributed by atoms with E-state index in [0.29, 0.717) is 17.2 Å². The maximum absolute atomic E-state index is 9.51. The molecule has 2 aromatic rings. The van der Waals surface area contributed by atoms with Crippen LogP contribution in [0.1, 0.15) is 0 Å². The molecule has 0 aromatic heterocycles. The SMILES string of the molecule is COc1cc(-c2cccc(O)c2)cc2c1OCO2. The lowest BCUT2D eigenvalue weighted by Gasteiger charge is -2.08. The molecule has 0 saturated carbocycles. The molecule has 1 heterocycles. The molecule has 4 heteroatoms. The van der Waals surface area contributed by atoms with E-state index in [9.17, 15) is 5.11 Å². The molecule has 1 N–H and O–H groups in total. The third kappa shape index (κ3) is 1.72. The van der Waals surface area contributed by atoms with E-state index in [2.05, 4.69) is 0 Å². The van der Waals surface area contributed by atoms with Crippen LogP contribution in [0.3, 0.4) is 0 Å². The molecule has 18 heavy (non-hydrogen) atoms. The Morgan fingerprint density at radius 2 is 2.00 bits per heavy atom. The molecule has 0 fully saturated rings. The highest BCUT2D eigenvalue weighted by Crippen LogP contribution is 2.44. The smallest absolute Gasteiger partial charge is 0.231 e. The molecular formula is C14H12O4. The quantitative estimate of drug-likeness (QED) is 0.882. The minimum absolute atomic E-state index is 0.204. The predicted molar refractivity (Wildman–Crippen MR) is 66.2 cm³/mol. The number of fused-ring (bicyclic) bond motifs is 1. The summed E-state index contributed by atoms with van der Waals surface area (Å²) >= 11 is 0. The molecule has 4 nitrogen and oxygen atoms in total. The molecule has 0 atom stereocenters. The summed E-state index contributed by atoms with van der Waals surface area (Å²) in [6.45, 7) is 0.204. The lowest BCUT2D eigenvalue weighted by Crippen LogP contribution is -1.93. The zero-order valence-corrected chi connectivity index (χ0v) is 9.84. The number of ether oxygens (including phenoxy) is 3. The van der Waals surface area contributed by atoms with Crippen molar-refractivity contribution in [3.63, 3.8) is 0 Å². The van der Waals surface area contributed by atoms with Crippen molar-refractivity contribution >= 4 is 0 Å². The molecule has 92 valence electrons. The van der Waals surface area contributed by atoms with Gasteiger partial charge in [0.1, 0.15) is 5.75 Å². The fraction of sp³-hybridized carbons (Fsp3) is 0.143. The summed E-state index contributed by atoms with van der Waals surface area (Å²) in [5.41, 5.74) is 1.80. The molecule has 0 radical (unpaired) electrons. The van der Waals surface area contributed by atoms with Crippen LogP contribution in [-0.2, 0) is 0 Å². The van der Waals surface area contributed by atoms with Gasteiger partial charge in [-0.15, -0.1) is 0 Å². The van der Waals surface area contributed by atoms with Crippen molar-refractivity contribution < 1.29 is 19.3 Å². The van der Waals surface area contributed by atoms with E-state index < -0.39 is 0 Å². The normalized spacial score (nSPS) is 12.5. The van der Waals surface area contributed by atoms with Crippen LogP contribution >= 0.6 is 0 Å². The summed E-state index contributed by atoms with van der Waals surface area (Å²) in [5.74, 6) is 2.14. The molecule has 1 aliphatic rings. The van der Waals surface area contributed by atoms with Crippen LogP contribution < -0.4 is 14.2 Å². The molecule has 0 unspecified atom stereocenters. The monoisotopic (exact) mass is 244 g/mol. The van der Waals surface area contributed by atoms with Gasteiger partial charge in [0.05, 0.1) is 7.11 Å². The first-order chi connectivity index (χ1) is 8.78. The first-order valence-electron chi connectivity index (χ1n) is 5.55. The molecule has 0 amide bonds. The van der Waals surface area contributed by atoms with Gasteiger partial charge in [0.15, 0.2) is 11.5 Å². The van der Waals surface area contributed by atoms with E-state index in [1.165, 1.54) is 0 Å². The summed E-state index contributed by atoms with van der Waals surface area (Å²) in [4.78, 5) is 0. The second-order valence-electron chi connectivity index (χ2n) is 3.96. The Morgan fingerprint density at radius 1 is 1.11 bits per heavy atom. The van der Waals surface area contributed by atoms with E-state index in [1.807, 2.05) is 18.2 Å². The highest BCUT2D eigenvalue weighted by atomic mass is 16.7. The van der Waals surface area contributed by atoms with Crippen LogP contribution in [0, 0.1) is 0 Å². The number of hydrogen-bond donors (Lipinski definition) is 1. The van der Waals surface area contributed by atoms with Gasteiger partial charge in [0, 0.05) is 0 Å². The maximum atomic E-state index is 9.51. The Hall–Kier alpha value is -2.36. The average molecular weight is 244 g/mol. The molecule has 0 spiro atoms. The van der Waals surface area contributed by atoms with E-state index in [0.717, 1.165) is 11.1 Å². The van der Waals surface area contributed by atoms with E-state index in [4.69, 9.17) is 14.2 Å². The van der Waals surface area contributed by atoms with Crippen molar-refractivity contribution in [2.24, 2.45) is 0 Å². The van der Waals surface area contributed by atoms with Gasteiger partial charge in [-0.05, 0) is 35.4 Å². The van der Waals surface area contributed by atoms with Crippen LogP contribution in [0.5, 0.6) is 23.0 Å². The predicted octanol–water partition coefficient (Wildman–Crippen LogP) is 2.80. The van der Waals surface area contributed by atoms with Gasteiger partial charge in [-0.1, -0.05) is 12.1 Å². The first kappa shape index (κ1) is 10.8. The third-order valence-corrected chi connectivity index (χ3v) is 2.84. The summed E-state index contributed by atoms with van der Waals surface area (Å²) in [6.07, 6.45) is 0. The second-order valence-corrected chi connectivity index (χ2v) is 3.96. The summed E-state index contributed by atoms with van der Waals surface area (Å²) in [7, 11) is 1.59. The third-order valence-electron chi connectivity index (χ3n) is 2.84.